The van der Waals surface area contributed by atoms with Crippen LogP contribution in [0.1, 0.15) is 66.4 Å². The van der Waals surface area contributed by atoms with Gasteiger partial charge in [-0.3, -0.25) is 0 Å². The number of nitrogens with zero attached hydrogens (tertiary/aromatic N) is 1. The lowest BCUT2D eigenvalue weighted by Crippen LogP contribution is -2.50. The lowest BCUT2D eigenvalue weighted by atomic mass is 9.90. The first-order valence-electron chi connectivity index (χ1n) is 13.5. The number of benzene rings is 1. The molecule has 38 heavy (non-hydrogen) atoms. The van der Waals surface area contributed by atoms with E-state index in [4.69, 9.17) is 18.6 Å². The lowest BCUT2D eigenvalue weighted by Gasteiger charge is -2.43. The minimum absolute atomic E-state index is 0.0428. The van der Waals surface area contributed by atoms with E-state index in [1.54, 1.807) is 13.2 Å². The molecule has 0 saturated carbocycles. The zero-order valence-corrected chi connectivity index (χ0v) is 25.9. The number of allylic oxidation sites excluding steroid dienone is 1. The van der Waals surface area contributed by atoms with E-state index >= 15 is 0 Å². The fourth-order valence-corrected chi connectivity index (χ4v) is 5.56. The normalized spacial score (nSPS) is 18.5. The van der Waals surface area contributed by atoms with E-state index in [9.17, 15) is 9.90 Å². The van der Waals surface area contributed by atoms with E-state index < -0.39 is 14.4 Å². The molecule has 0 aliphatic heterocycles. The smallest absolute Gasteiger partial charge is 0.407 e. The Labute approximate surface area is 230 Å². The monoisotopic (exact) mass is 547 g/mol. The fourth-order valence-electron chi connectivity index (χ4n) is 4.21. The van der Waals surface area contributed by atoms with Crippen molar-refractivity contribution in [3.63, 3.8) is 0 Å². The standard InChI is InChI=1S/C30H49NO6Si/c1-11-22-15-16-24(35-21-34-8)26(19-22)36-27-23(17-18-31(28(32)33)20-29(2,3)4)13-12-14-25(27)37-38(9,10)30(5,6)7/h11,13,15-16,19,25,27H,1,12,14,17-18,20-21H2,2-10H3,(H,32,33)/t25-,27-/m0/s1. The van der Waals surface area contributed by atoms with Gasteiger partial charge in [-0.2, -0.15) is 0 Å². The molecule has 1 N–H and O–H groups in total. The molecule has 0 fully saturated rings. The summed E-state index contributed by atoms with van der Waals surface area (Å²) in [5.41, 5.74) is 1.83. The molecule has 0 saturated heterocycles. The van der Waals surface area contributed by atoms with Crippen LogP contribution in [0.2, 0.25) is 18.1 Å². The van der Waals surface area contributed by atoms with E-state index in [0.717, 1.165) is 24.0 Å². The Morgan fingerprint density at radius 3 is 2.42 bits per heavy atom. The maximum Gasteiger partial charge on any atom is 0.407 e. The van der Waals surface area contributed by atoms with E-state index in [-0.39, 0.29) is 29.5 Å². The first-order chi connectivity index (χ1) is 17.6. The van der Waals surface area contributed by atoms with Crippen LogP contribution in [0.25, 0.3) is 6.08 Å². The van der Waals surface area contributed by atoms with Crippen molar-refractivity contribution in [3.05, 3.63) is 42.0 Å². The van der Waals surface area contributed by atoms with Crippen LogP contribution in [0.3, 0.4) is 0 Å². The predicted molar refractivity (Wildman–Crippen MR) is 157 cm³/mol. The Morgan fingerprint density at radius 1 is 1.18 bits per heavy atom. The molecular weight excluding hydrogens is 498 g/mol. The number of methoxy groups -OCH3 is 1. The number of rotatable bonds is 12. The van der Waals surface area contributed by atoms with E-state index in [2.05, 4.69) is 46.5 Å². The Hall–Kier alpha value is -2.29. The highest BCUT2D eigenvalue weighted by atomic mass is 28.4. The SMILES string of the molecule is C=Cc1ccc(OCOC)c(O[C@H]2C(CCN(CC(C)(C)C)C(=O)O)=CCC[C@@H]2O[Si](C)(C)C(C)(C)C)c1. The summed E-state index contributed by atoms with van der Waals surface area (Å²) in [6, 6.07) is 5.69. The molecule has 2 atom stereocenters. The van der Waals surface area contributed by atoms with Crippen molar-refractivity contribution < 1.29 is 28.5 Å². The second-order valence-electron chi connectivity index (χ2n) is 12.8. The molecule has 0 heterocycles. The summed E-state index contributed by atoms with van der Waals surface area (Å²) in [5, 5.41) is 9.90. The van der Waals surface area contributed by atoms with Crippen LogP contribution < -0.4 is 9.47 Å². The van der Waals surface area contributed by atoms with Gasteiger partial charge in [-0.1, -0.05) is 66.3 Å². The van der Waals surface area contributed by atoms with Crippen molar-refractivity contribution in [1.29, 1.82) is 0 Å². The van der Waals surface area contributed by atoms with Crippen molar-refractivity contribution in [3.8, 4) is 11.5 Å². The van der Waals surface area contributed by atoms with Crippen LogP contribution >= 0.6 is 0 Å². The van der Waals surface area contributed by atoms with Crippen LogP contribution in [0.15, 0.2) is 36.4 Å². The molecule has 7 nitrogen and oxygen atoms in total. The van der Waals surface area contributed by atoms with Crippen LogP contribution in [0, 0.1) is 5.41 Å². The van der Waals surface area contributed by atoms with Crippen LogP contribution in [0.5, 0.6) is 11.5 Å². The molecule has 8 heteroatoms. The van der Waals surface area contributed by atoms with Gasteiger partial charge in [0, 0.05) is 20.2 Å². The van der Waals surface area contributed by atoms with Gasteiger partial charge in [0.05, 0.1) is 6.10 Å². The topological polar surface area (TPSA) is 77.5 Å². The van der Waals surface area contributed by atoms with Crippen molar-refractivity contribution >= 4 is 20.5 Å². The second-order valence-corrected chi connectivity index (χ2v) is 17.5. The molecule has 0 bridgehead atoms. The van der Waals surface area contributed by atoms with Crippen LogP contribution in [-0.2, 0) is 9.16 Å². The van der Waals surface area contributed by atoms with Crippen molar-refractivity contribution in [2.75, 3.05) is 27.0 Å². The molecule has 2 rings (SSSR count). The van der Waals surface area contributed by atoms with E-state index in [0.29, 0.717) is 31.0 Å². The molecule has 1 aliphatic carbocycles. The molecular formula is C30H49NO6Si. The predicted octanol–water partition coefficient (Wildman–Crippen LogP) is 7.59. The van der Waals surface area contributed by atoms with E-state index in [1.807, 2.05) is 39.0 Å². The second kappa shape index (κ2) is 13.2. The van der Waals surface area contributed by atoms with Gasteiger partial charge in [-0.05, 0) is 66.1 Å². The first kappa shape index (κ1) is 31.9. The van der Waals surface area contributed by atoms with Crippen LogP contribution in [0.4, 0.5) is 4.79 Å². The van der Waals surface area contributed by atoms with Crippen LogP contribution in [-0.4, -0.2) is 63.6 Å². The third-order valence-electron chi connectivity index (χ3n) is 7.21. The van der Waals surface area contributed by atoms with Gasteiger partial charge in [0.15, 0.2) is 26.6 Å². The average Bonchev–Trinajstić information content (AvgIpc) is 2.80. The third kappa shape index (κ3) is 9.17. The summed E-state index contributed by atoms with van der Waals surface area (Å²) in [4.78, 5) is 13.5. The summed E-state index contributed by atoms with van der Waals surface area (Å²) in [6.45, 7) is 22.2. The molecule has 0 aromatic heterocycles. The Balaban J connectivity index is 2.43. The molecule has 0 radical (unpaired) electrons. The summed E-state index contributed by atoms with van der Waals surface area (Å²) < 4.78 is 24.6. The minimum atomic E-state index is -2.11. The van der Waals surface area contributed by atoms with Gasteiger partial charge < -0.3 is 28.6 Å². The number of hydrogen-bond acceptors (Lipinski definition) is 5. The van der Waals surface area contributed by atoms with Crippen molar-refractivity contribution in [2.45, 2.75) is 91.1 Å². The van der Waals surface area contributed by atoms with Gasteiger partial charge in [-0.25, -0.2) is 4.79 Å². The highest BCUT2D eigenvalue weighted by molar-refractivity contribution is 6.74. The van der Waals surface area contributed by atoms with Gasteiger partial charge in [0.25, 0.3) is 0 Å². The molecule has 1 aromatic carbocycles. The molecule has 1 amide bonds. The summed E-state index contributed by atoms with van der Waals surface area (Å²) >= 11 is 0. The first-order valence-corrected chi connectivity index (χ1v) is 16.4. The number of carboxylic acid groups (broad SMARTS) is 1. The van der Waals surface area contributed by atoms with Crippen molar-refractivity contribution in [2.24, 2.45) is 5.41 Å². The third-order valence-corrected chi connectivity index (χ3v) is 11.7. The summed E-state index contributed by atoms with van der Waals surface area (Å²) in [5.74, 6) is 1.17. The molecule has 0 spiro atoms. The summed E-state index contributed by atoms with van der Waals surface area (Å²) in [7, 11) is -0.528. The zero-order valence-electron chi connectivity index (χ0n) is 24.9. The number of hydrogen-bond donors (Lipinski definition) is 1. The maximum absolute atomic E-state index is 12.0. The molecule has 0 unspecified atom stereocenters. The summed E-state index contributed by atoms with van der Waals surface area (Å²) in [6.07, 6.45) is 4.80. The van der Waals surface area contributed by atoms with Gasteiger partial charge >= 0.3 is 6.09 Å². The van der Waals surface area contributed by atoms with Gasteiger partial charge in [0.1, 0.15) is 6.10 Å². The maximum atomic E-state index is 12.0. The number of carbonyl (C=O) groups is 1. The Bertz CT molecular complexity index is 976. The van der Waals surface area contributed by atoms with E-state index in [1.165, 1.54) is 4.90 Å². The number of amides is 1. The molecule has 1 aromatic rings. The van der Waals surface area contributed by atoms with Gasteiger partial charge in [-0.15, -0.1) is 0 Å². The van der Waals surface area contributed by atoms with Gasteiger partial charge in [0.2, 0.25) is 0 Å². The molecule has 214 valence electrons. The average molecular weight is 548 g/mol. The number of ether oxygens (including phenoxy) is 3. The van der Waals surface area contributed by atoms with Crippen molar-refractivity contribution in [1.82, 2.24) is 4.90 Å². The zero-order chi connectivity index (χ0) is 28.7. The fraction of sp³-hybridized carbons (Fsp3) is 0.633. The Morgan fingerprint density at radius 2 is 1.87 bits per heavy atom. The minimum Gasteiger partial charge on any atom is -0.479 e. The highest BCUT2D eigenvalue weighted by Crippen LogP contribution is 2.41. The lowest BCUT2D eigenvalue weighted by molar-refractivity contribution is 0.0344. The largest absolute Gasteiger partial charge is 0.479 e. The Kier molecular flexibility index (Phi) is 11.1. The quantitative estimate of drug-likeness (QED) is 0.165. The molecule has 1 aliphatic rings. The highest BCUT2D eigenvalue weighted by Gasteiger charge is 2.43.